The average Bonchev–Trinajstić information content (AvgIpc) is 2.89. The molecule has 0 fully saturated rings. The Kier molecular flexibility index (Phi) is 4.19. The molecule has 0 amide bonds. The molecule has 2 aromatic heterocycles. The fourth-order valence-corrected chi connectivity index (χ4v) is 1.84. The van der Waals surface area contributed by atoms with Gasteiger partial charge in [0.15, 0.2) is 0 Å². The van der Waals surface area contributed by atoms with Gasteiger partial charge in [-0.3, -0.25) is 10.1 Å². The molecule has 3 N–H and O–H groups in total. The van der Waals surface area contributed by atoms with Crippen molar-refractivity contribution in [1.29, 1.82) is 0 Å². The Labute approximate surface area is 116 Å². The minimum absolute atomic E-state index is 0.00750. The zero-order valence-electron chi connectivity index (χ0n) is 11.1. The number of hydrogen-bond acceptors (Lipinski definition) is 6. The molecular formula is C13H16N4O3. The number of nitrogen functional groups attached to an aromatic ring is 1. The number of aryl methyl sites for hydroxylation is 1. The minimum Gasteiger partial charge on any atom is -0.469 e. The Morgan fingerprint density at radius 1 is 1.50 bits per heavy atom. The van der Waals surface area contributed by atoms with Gasteiger partial charge in [-0.05, 0) is 31.5 Å². The Balaban J connectivity index is 2.01. The average molecular weight is 276 g/mol. The summed E-state index contributed by atoms with van der Waals surface area (Å²) >= 11 is 0. The van der Waals surface area contributed by atoms with Gasteiger partial charge in [0.2, 0.25) is 5.82 Å². The molecule has 2 aromatic rings. The lowest BCUT2D eigenvalue weighted by Crippen LogP contribution is -2.18. The Hall–Kier alpha value is -2.57. The summed E-state index contributed by atoms with van der Waals surface area (Å²) in [5.41, 5.74) is 5.49. The number of aromatic nitrogens is 1. The standard InChI is InChI=1S/C13H16N4O3/c1-9(4-5-10-3-2-8-20-10)15-13-11(17(18)19)6-7-12(14)16-13/h2-3,6-9H,4-5H2,1H3,(H3,14,15,16). The smallest absolute Gasteiger partial charge is 0.311 e. The van der Waals surface area contributed by atoms with E-state index in [1.54, 1.807) is 6.26 Å². The van der Waals surface area contributed by atoms with Gasteiger partial charge in [-0.15, -0.1) is 0 Å². The molecule has 0 aliphatic rings. The molecular weight excluding hydrogens is 260 g/mol. The molecule has 0 saturated heterocycles. The number of nitrogens with zero attached hydrogens (tertiary/aromatic N) is 2. The number of rotatable bonds is 6. The zero-order chi connectivity index (χ0) is 14.5. The molecule has 0 aliphatic heterocycles. The predicted molar refractivity (Wildman–Crippen MR) is 75.4 cm³/mol. The number of nitrogens with one attached hydrogen (secondary N) is 1. The van der Waals surface area contributed by atoms with Gasteiger partial charge in [-0.1, -0.05) is 0 Å². The van der Waals surface area contributed by atoms with Gasteiger partial charge in [-0.25, -0.2) is 4.98 Å². The summed E-state index contributed by atoms with van der Waals surface area (Å²) in [6, 6.07) is 6.50. The van der Waals surface area contributed by atoms with Gasteiger partial charge >= 0.3 is 5.69 Å². The van der Waals surface area contributed by atoms with Crippen LogP contribution in [-0.2, 0) is 6.42 Å². The van der Waals surface area contributed by atoms with Crippen molar-refractivity contribution in [1.82, 2.24) is 4.98 Å². The van der Waals surface area contributed by atoms with Gasteiger partial charge in [-0.2, -0.15) is 0 Å². The first-order valence-electron chi connectivity index (χ1n) is 6.26. The molecule has 7 nitrogen and oxygen atoms in total. The maximum atomic E-state index is 10.9. The van der Waals surface area contributed by atoms with Gasteiger partial charge in [0.25, 0.3) is 0 Å². The summed E-state index contributed by atoms with van der Waals surface area (Å²) in [6.45, 7) is 1.93. The van der Waals surface area contributed by atoms with Crippen molar-refractivity contribution in [2.24, 2.45) is 0 Å². The first-order valence-corrected chi connectivity index (χ1v) is 6.26. The van der Waals surface area contributed by atoms with Crippen LogP contribution in [0.1, 0.15) is 19.1 Å². The van der Waals surface area contributed by atoms with Crippen molar-refractivity contribution in [3.05, 3.63) is 46.4 Å². The summed E-state index contributed by atoms with van der Waals surface area (Å²) in [5.74, 6) is 1.33. The third-order valence-electron chi connectivity index (χ3n) is 2.88. The van der Waals surface area contributed by atoms with Crippen LogP contribution in [0.5, 0.6) is 0 Å². The van der Waals surface area contributed by atoms with Crippen LogP contribution < -0.4 is 11.1 Å². The van der Waals surface area contributed by atoms with E-state index in [1.807, 2.05) is 19.1 Å². The molecule has 0 bridgehead atoms. The van der Waals surface area contributed by atoms with E-state index < -0.39 is 4.92 Å². The Morgan fingerprint density at radius 3 is 2.95 bits per heavy atom. The summed E-state index contributed by atoms with van der Waals surface area (Å²) in [6.07, 6.45) is 3.14. The first-order chi connectivity index (χ1) is 9.56. The van der Waals surface area contributed by atoms with Crippen LogP contribution in [0.2, 0.25) is 0 Å². The van der Waals surface area contributed by atoms with Crippen molar-refractivity contribution < 1.29 is 9.34 Å². The maximum absolute atomic E-state index is 10.9. The molecule has 20 heavy (non-hydrogen) atoms. The SMILES string of the molecule is CC(CCc1ccco1)Nc1nc(N)ccc1[N+](=O)[O-]. The molecule has 1 atom stereocenters. The highest BCUT2D eigenvalue weighted by Gasteiger charge is 2.17. The lowest BCUT2D eigenvalue weighted by atomic mass is 10.1. The van der Waals surface area contributed by atoms with Gasteiger partial charge in [0.1, 0.15) is 11.6 Å². The summed E-state index contributed by atoms with van der Waals surface area (Å²) in [4.78, 5) is 14.4. The van der Waals surface area contributed by atoms with E-state index in [2.05, 4.69) is 10.3 Å². The number of hydrogen-bond donors (Lipinski definition) is 2. The third-order valence-corrected chi connectivity index (χ3v) is 2.88. The first kappa shape index (κ1) is 13.9. The zero-order valence-corrected chi connectivity index (χ0v) is 11.1. The van der Waals surface area contributed by atoms with Crippen molar-refractivity contribution in [3.63, 3.8) is 0 Å². The fraction of sp³-hybridized carbons (Fsp3) is 0.308. The highest BCUT2D eigenvalue weighted by Crippen LogP contribution is 2.24. The lowest BCUT2D eigenvalue weighted by Gasteiger charge is -2.14. The normalized spacial score (nSPS) is 12.1. The molecule has 1 unspecified atom stereocenters. The Morgan fingerprint density at radius 2 is 2.30 bits per heavy atom. The summed E-state index contributed by atoms with van der Waals surface area (Å²) in [7, 11) is 0. The van der Waals surface area contributed by atoms with Gasteiger partial charge < -0.3 is 15.5 Å². The van der Waals surface area contributed by atoms with Crippen molar-refractivity contribution in [3.8, 4) is 0 Å². The third kappa shape index (κ3) is 3.47. The highest BCUT2D eigenvalue weighted by atomic mass is 16.6. The van der Waals surface area contributed by atoms with E-state index in [1.165, 1.54) is 12.1 Å². The predicted octanol–water partition coefficient (Wildman–Crippen LogP) is 2.60. The van der Waals surface area contributed by atoms with E-state index >= 15 is 0 Å². The van der Waals surface area contributed by atoms with Crippen LogP contribution in [0.3, 0.4) is 0 Å². The second-order valence-corrected chi connectivity index (χ2v) is 4.52. The van der Waals surface area contributed by atoms with Crippen molar-refractivity contribution >= 4 is 17.3 Å². The largest absolute Gasteiger partial charge is 0.469 e. The lowest BCUT2D eigenvalue weighted by molar-refractivity contribution is -0.384. The van der Waals surface area contributed by atoms with Crippen LogP contribution in [0.4, 0.5) is 17.3 Å². The summed E-state index contributed by atoms with van der Waals surface area (Å²) in [5, 5.41) is 13.9. The number of nitrogens with two attached hydrogens (primary N) is 1. The topological polar surface area (TPSA) is 107 Å². The fourth-order valence-electron chi connectivity index (χ4n) is 1.84. The summed E-state index contributed by atoms with van der Waals surface area (Å²) < 4.78 is 5.24. The van der Waals surface area contributed by atoms with Crippen LogP contribution in [0, 0.1) is 10.1 Å². The monoisotopic (exact) mass is 276 g/mol. The molecule has 0 saturated carbocycles. The van der Waals surface area contributed by atoms with Crippen molar-refractivity contribution in [2.45, 2.75) is 25.8 Å². The molecule has 2 heterocycles. The minimum atomic E-state index is -0.478. The molecule has 0 spiro atoms. The molecule has 2 rings (SSSR count). The Bertz CT molecular complexity index is 583. The van der Waals surface area contributed by atoms with Gasteiger partial charge in [0, 0.05) is 18.5 Å². The quantitative estimate of drug-likeness (QED) is 0.620. The van der Waals surface area contributed by atoms with Crippen molar-refractivity contribution in [2.75, 3.05) is 11.1 Å². The number of nitro groups is 1. The van der Waals surface area contributed by atoms with Crippen LogP contribution >= 0.6 is 0 Å². The molecule has 106 valence electrons. The number of pyridine rings is 1. The van der Waals surface area contributed by atoms with E-state index in [0.29, 0.717) is 0 Å². The second-order valence-electron chi connectivity index (χ2n) is 4.52. The maximum Gasteiger partial charge on any atom is 0.311 e. The van der Waals surface area contributed by atoms with E-state index in [4.69, 9.17) is 10.2 Å². The van der Waals surface area contributed by atoms with E-state index in [9.17, 15) is 10.1 Å². The molecule has 7 heteroatoms. The molecule has 0 radical (unpaired) electrons. The van der Waals surface area contributed by atoms with Crippen LogP contribution in [0.15, 0.2) is 34.9 Å². The van der Waals surface area contributed by atoms with E-state index in [0.717, 1.165) is 18.6 Å². The number of anilines is 2. The molecule has 0 aliphatic carbocycles. The van der Waals surface area contributed by atoms with E-state index in [-0.39, 0.29) is 23.4 Å². The van der Waals surface area contributed by atoms with Crippen LogP contribution in [0.25, 0.3) is 0 Å². The van der Waals surface area contributed by atoms with Gasteiger partial charge in [0.05, 0.1) is 11.2 Å². The highest BCUT2D eigenvalue weighted by molar-refractivity contribution is 5.59. The number of furan rings is 1. The molecule has 0 aromatic carbocycles. The second kappa shape index (κ2) is 6.05. The van der Waals surface area contributed by atoms with Crippen LogP contribution in [-0.4, -0.2) is 15.9 Å².